The number of Topliss-reactive ketones (excluding diaryl/α,β-unsaturated/α-hetero) is 1. The summed E-state index contributed by atoms with van der Waals surface area (Å²) in [6.45, 7) is 4.55. The number of dihydropyridines is 1. The molecule has 2 aliphatic rings. The minimum atomic E-state index is -0.306. The normalized spacial score (nSPS) is 16.3. The number of nitrogens with zero attached hydrogens (tertiary/aromatic N) is 4. The minimum Gasteiger partial charge on any atom is -0.503 e. The first-order valence-corrected chi connectivity index (χ1v) is 14.6. The first-order chi connectivity index (χ1) is 22.3. The van der Waals surface area contributed by atoms with E-state index >= 15 is 0 Å². The Labute approximate surface area is 287 Å². The summed E-state index contributed by atoms with van der Waals surface area (Å²) in [4.78, 5) is 31.0. The number of carbonyl (C=O) groups is 1. The van der Waals surface area contributed by atoms with E-state index in [0.717, 1.165) is 22.8 Å². The number of aliphatic imine (C=N–C) groups is 2. The fourth-order valence-electron chi connectivity index (χ4n) is 4.66. The molecule has 1 aliphatic heterocycles. The number of aromatic hydroxyl groups is 1. The zero-order chi connectivity index (χ0) is 32.5. The number of benzene rings is 1. The molecule has 1 aliphatic carbocycles. The Morgan fingerprint density at radius 2 is 1.66 bits per heavy atom. The van der Waals surface area contributed by atoms with Crippen molar-refractivity contribution in [3.63, 3.8) is 0 Å². The van der Waals surface area contributed by atoms with Gasteiger partial charge in [0.2, 0.25) is 5.78 Å². The van der Waals surface area contributed by atoms with Gasteiger partial charge in [-0.2, -0.15) is 0 Å². The van der Waals surface area contributed by atoms with Gasteiger partial charge >= 0.3 is 0 Å². The summed E-state index contributed by atoms with van der Waals surface area (Å²) >= 11 is 0. The molecule has 0 unspecified atom stereocenters. The predicted octanol–water partition coefficient (Wildman–Crippen LogP) is 5.76. The van der Waals surface area contributed by atoms with Crippen molar-refractivity contribution >= 4 is 34.5 Å². The van der Waals surface area contributed by atoms with Gasteiger partial charge in [-0.05, 0) is 85.7 Å². The van der Waals surface area contributed by atoms with E-state index in [4.69, 9.17) is 14.5 Å². The van der Waals surface area contributed by atoms with Crippen LogP contribution in [0.4, 0.5) is 17.3 Å². The van der Waals surface area contributed by atoms with Crippen LogP contribution in [-0.2, 0) is 36.5 Å². The standard InChI is InChI=1S/C35H35N7O4.Pd/c1-22(40-28-16-24(18-30(45-3)34(28)43)20-38-32-12-5-7-14-36-32)26-10-9-11-27(42-26)23(2)41-29-17-25(19-31(46-4)35(29)44)21-39-33-13-6-8-15-37-33;/h5-19,42-43H,20-21H2,1-4H3,(H,36,38)(H,37,39);/b27-23-,40-22?,41-29?;. The first-order valence-electron chi connectivity index (χ1n) is 14.6. The van der Waals surface area contributed by atoms with Crippen LogP contribution in [0.3, 0.4) is 0 Å². The monoisotopic (exact) mass is 723 g/mol. The number of anilines is 2. The second-order valence-electron chi connectivity index (χ2n) is 10.3. The maximum atomic E-state index is 13.1. The number of hydrogen-bond donors (Lipinski definition) is 4. The van der Waals surface area contributed by atoms with Crippen LogP contribution in [0.15, 0.2) is 130 Å². The Morgan fingerprint density at radius 3 is 2.30 bits per heavy atom. The van der Waals surface area contributed by atoms with Crippen LogP contribution in [0.1, 0.15) is 19.4 Å². The number of aromatic nitrogens is 2. The number of phenolic OH excluding ortho intramolecular Hbond substituents is 1. The fourth-order valence-corrected chi connectivity index (χ4v) is 4.66. The Bertz CT molecular complexity index is 1830. The van der Waals surface area contributed by atoms with E-state index < -0.39 is 0 Å². The number of methoxy groups -OCH3 is 2. The average molecular weight is 724 g/mol. The van der Waals surface area contributed by atoms with Crippen molar-refractivity contribution in [2.45, 2.75) is 20.4 Å². The van der Waals surface area contributed by atoms with Crippen molar-refractivity contribution in [2.75, 3.05) is 31.4 Å². The van der Waals surface area contributed by atoms with Gasteiger partial charge < -0.3 is 30.5 Å². The molecule has 3 heterocycles. The molecular formula is C35H35N7O4Pd. The van der Waals surface area contributed by atoms with Crippen molar-refractivity contribution in [1.82, 2.24) is 15.3 Å². The minimum absolute atomic E-state index is 0. The molecule has 3 aromatic rings. The molecule has 0 bridgehead atoms. The molecule has 2 aromatic heterocycles. The topological polar surface area (TPSA) is 142 Å². The second kappa shape index (κ2) is 16.3. The van der Waals surface area contributed by atoms with Gasteiger partial charge in [0, 0.05) is 45.9 Å². The summed E-state index contributed by atoms with van der Waals surface area (Å²) in [6.07, 6.45) is 12.5. The average Bonchev–Trinajstić information content (AvgIpc) is 3.09. The van der Waals surface area contributed by atoms with Gasteiger partial charge in [0.25, 0.3) is 0 Å². The summed E-state index contributed by atoms with van der Waals surface area (Å²) in [5.41, 5.74) is 4.90. The van der Waals surface area contributed by atoms with E-state index in [1.165, 1.54) is 14.2 Å². The maximum Gasteiger partial charge on any atom is 0.245 e. The van der Waals surface area contributed by atoms with Crippen LogP contribution in [-0.4, -0.2) is 53.0 Å². The van der Waals surface area contributed by atoms with E-state index in [2.05, 4.69) is 30.9 Å². The Kier molecular flexibility index (Phi) is 12.0. The number of phenols is 1. The number of pyridine rings is 2. The summed E-state index contributed by atoms with van der Waals surface area (Å²) in [5, 5.41) is 20.7. The Morgan fingerprint density at radius 1 is 0.957 bits per heavy atom. The molecule has 0 atom stereocenters. The van der Waals surface area contributed by atoms with Crippen LogP contribution in [0, 0.1) is 0 Å². The molecule has 0 radical (unpaired) electrons. The number of rotatable bonds is 11. The molecular weight excluding hydrogens is 689 g/mol. The maximum absolute atomic E-state index is 13.1. The number of ketones is 1. The first kappa shape index (κ1) is 34.6. The van der Waals surface area contributed by atoms with E-state index in [0.29, 0.717) is 47.3 Å². The van der Waals surface area contributed by atoms with E-state index in [1.54, 1.807) is 36.7 Å². The zero-order valence-corrected chi connectivity index (χ0v) is 27.9. The number of nitrogens with one attached hydrogen (secondary N) is 3. The number of carbonyl (C=O) groups excluding carboxylic acids is 1. The Balaban J connectivity index is 0.00000500. The third-order valence-corrected chi connectivity index (χ3v) is 7.08. The number of allylic oxidation sites excluding steroid dienone is 7. The summed E-state index contributed by atoms with van der Waals surface area (Å²) in [5.74, 6) is 1.60. The molecule has 12 heteroatoms. The summed E-state index contributed by atoms with van der Waals surface area (Å²) in [7, 11) is 2.97. The molecule has 47 heavy (non-hydrogen) atoms. The largest absolute Gasteiger partial charge is 0.503 e. The third kappa shape index (κ3) is 8.91. The van der Waals surface area contributed by atoms with Crippen molar-refractivity contribution < 1.29 is 39.8 Å². The van der Waals surface area contributed by atoms with Gasteiger partial charge in [-0.3, -0.25) is 4.79 Å². The molecule has 0 fully saturated rings. The van der Waals surface area contributed by atoms with E-state index in [-0.39, 0.29) is 43.4 Å². The molecule has 11 nitrogen and oxygen atoms in total. The van der Waals surface area contributed by atoms with Crippen molar-refractivity contribution in [3.05, 3.63) is 125 Å². The van der Waals surface area contributed by atoms with E-state index in [1.807, 2.05) is 68.5 Å². The molecule has 1 aromatic carbocycles. The van der Waals surface area contributed by atoms with Crippen LogP contribution in [0.25, 0.3) is 0 Å². The zero-order valence-electron chi connectivity index (χ0n) is 26.4. The molecule has 0 amide bonds. The summed E-state index contributed by atoms with van der Waals surface area (Å²) in [6, 6.07) is 14.8. The van der Waals surface area contributed by atoms with Gasteiger partial charge in [0.05, 0.1) is 37.0 Å². The van der Waals surface area contributed by atoms with Gasteiger partial charge in [-0.15, -0.1) is 0 Å². The van der Waals surface area contributed by atoms with Gasteiger partial charge in [-0.1, -0.05) is 18.2 Å². The van der Waals surface area contributed by atoms with Crippen molar-refractivity contribution in [1.29, 1.82) is 0 Å². The summed E-state index contributed by atoms with van der Waals surface area (Å²) < 4.78 is 10.8. The van der Waals surface area contributed by atoms with Crippen LogP contribution >= 0.6 is 0 Å². The van der Waals surface area contributed by atoms with Crippen LogP contribution in [0.5, 0.6) is 11.5 Å². The molecule has 0 saturated carbocycles. The van der Waals surface area contributed by atoms with E-state index in [9.17, 15) is 9.90 Å². The third-order valence-electron chi connectivity index (χ3n) is 7.08. The molecule has 5 rings (SSSR count). The quantitative estimate of drug-likeness (QED) is 0.110. The predicted molar refractivity (Wildman–Crippen MR) is 180 cm³/mol. The molecule has 4 N–H and O–H groups in total. The van der Waals surface area contributed by atoms with Crippen LogP contribution in [0.2, 0.25) is 0 Å². The second-order valence-corrected chi connectivity index (χ2v) is 10.3. The van der Waals surface area contributed by atoms with Crippen molar-refractivity contribution in [3.8, 4) is 11.5 Å². The van der Waals surface area contributed by atoms with Gasteiger partial charge in [0.1, 0.15) is 23.0 Å². The van der Waals surface area contributed by atoms with Crippen LogP contribution < -0.4 is 20.7 Å². The molecule has 0 saturated heterocycles. The Hall–Kier alpha value is -5.31. The van der Waals surface area contributed by atoms with Gasteiger partial charge in [-0.25, -0.2) is 20.0 Å². The molecule has 0 spiro atoms. The SMILES string of the molecule is COC1=CC(CNc2ccccn2)=CC(=N/C(C)=C2/C=CC=C(C(C)=Nc3cc(CNc4ccccn4)cc(OC)c3O)N2)C1=O.[Pd]. The molecule has 244 valence electrons. The smallest absolute Gasteiger partial charge is 0.245 e. The van der Waals surface area contributed by atoms with Crippen molar-refractivity contribution in [2.24, 2.45) is 9.98 Å². The fraction of sp³-hybridized carbons (Fsp3) is 0.171. The van der Waals surface area contributed by atoms with Gasteiger partial charge in [0.15, 0.2) is 17.3 Å². The number of ether oxygens (including phenoxy) is 2. The number of hydrogen-bond acceptors (Lipinski definition) is 11.